The van der Waals surface area contributed by atoms with Gasteiger partial charge in [-0.2, -0.15) is 0 Å². The molecule has 33 heavy (non-hydrogen) atoms. The maximum absolute atomic E-state index is 11.4. The average molecular weight is 561 g/mol. The lowest BCUT2D eigenvalue weighted by molar-refractivity contribution is -0.394. The van der Waals surface area contributed by atoms with Crippen LogP contribution >= 0.6 is 22.6 Å². The normalized spacial score (nSPS) is 10.9. The van der Waals surface area contributed by atoms with Crippen LogP contribution in [-0.4, -0.2) is 22.7 Å². The number of aryl methyl sites for hydroxylation is 1. The molecule has 0 saturated carbocycles. The standard InChI is InChI=1S/C23H20IN3O6/c1-3-15-5-7-17(8-6-15)25-14-16-11-19(24)23(22(12-16)32-4-2)33-21-10-9-18(26(28)29)13-20(21)27(30)31/h5-14H,3-4H2,1-2H3. The molecular formula is C23H20IN3O6. The highest BCUT2D eigenvalue weighted by Crippen LogP contribution is 2.41. The summed E-state index contributed by atoms with van der Waals surface area (Å²) in [4.78, 5) is 25.5. The molecule has 0 atom stereocenters. The van der Waals surface area contributed by atoms with Crippen molar-refractivity contribution in [3.63, 3.8) is 0 Å². The van der Waals surface area contributed by atoms with Gasteiger partial charge in [0.1, 0.15) is 0 Å². The molecule has 0 aliphatic carbocycles. The van der Waals surface area contributed by atoms with E-state index in [-0.39, 0.29) is 11.5 Å². The van der Waals surface area contributed by atoms with Crippen LogP contribution in [0, 0.1) is 23.8 Å². The van der Waals surface area contributed by atoms with Crippen molar-refractivity contribution in [3.8, 4) is 17.2 Å². The summed E-state index contributed by atoms with van der Waals surface area (Å²) < 4.78 is 12.2. The SMILES string of the molecule is CCOc1cc(C=Nc2ccc(CC)cc2)cc(I)c1Oc1ccc([N+](=O)[O-])cc1[N+](=O)[O-]. The van der Waals surface area contributed by atoms with Crippen molar-refractivity contribution in [3.05, 3.63) is 89.5 Å². The van der Waals surface area contributed by atoms with Crippen molar-refractivity contribution in [2.24, 2.45) is 4.99 Å². The van der Waals surface area contributed by atoms with Crippen LogP contribution in [0.3, 0.4) is 0 Å². The van der Waals surface area contributed by atoms with E-state index in [1.807, 2.05) is 46.9 Å². The van der Waals surface area contributed by atoms with Gasteiger partial charge in [-0.15, -0.1) is 0 Å². The first-order chi connectivity index (χ1) is 15.8. The number of aliphatic imine (C=N–C) groups is 1. The van der Waals surface area contributed by atoms with Gasteiger partial charge in [0.05, 0.1) is 31.8 Å². The third-order valence-corrected chi connectivity index (χ3v) is 5.40. The number of hydrogen-bond acceptors (Lipinski definition) is 7. The van der Waals surface area contributed by atoms with E-state index in [9.17, 15) is 20.2 Å². The lowest BCUT2D eigenvalue weighted by Crippen LogP contribution is -2.01. The maximum atomic E-state index is 11.4. The predicted molar refractivity (Wildman–Crippen MR) is 133 cm³/mol. The summed E-state index contributed by atoms with van der Waals surface area (Å²) in [6.07, 6.45) is 2.65. The number of rotatable bonds is 9. The van der Waals surface area contributed by atoms with Crippen molar-refractivity contribution < 1.29 is 19.3 Å². The van der Waals surface area contributed by atoms with E-state index in [0.29, 0.717) is 15.9 Å². The maximum Gasteiger partial charge on any atom is 0.318 e. The third-order valence-electron chi connectivity index (χ3n) is 4.60. The molecule has 0 radical (unpaired) electrons. The number of benzene rings is 3. The van der Waals surface area contributed by atoms with Crippen molar-refractivity contribution in [1.29, 1.82) is 0 Å². The zero-order chi connectivity index (χ0) is 24.0. The first-order valence-corrected chi connectivity index (χ1v) is 11.1. The Balaban J connectivity index is 1.95. The van der Waals surface area contributed by atoms with Gasteiger partial charge in [0, 0.05) is 12.3 Å². The number of non-ortho nitro benzene ring substituents is 1. The lowest BCUT2D eigenvalue weighted by Gasteiger charge is -2.14. The van der Waals surface area contributed by atoms with E-state index < -0.39 is 21.2 Å². The fraction of sp³-hybridized carbons (Fsp3) is 0.174. The second-order valence-electron chi connectivity index (χ2n) is 6.81. The fourth-order valence-corrected chi connectivity index (χ4v) is 3.68. The molecular weight excluding hydrogens is 541 g/mol. The van der Waals surface area contributed by atoms with Crippen molar-refractivity contribution in [2.75, 3.05) is 6.61 Å². The van der Waals surface area contributed by atoms with Gasteiger partial charge in [-0.3, -0.25) is 25.2 Å². The molecule has 0 aliphatic rings. The summed E-state index contributed by atoms with van der Waals surface area (Å²) in [5, 5.41) is 22.4. The van der Waals surface area contributed by atoms with Crippen molar-refractivity contribution in [2.45, 2.75) is 20.3 Å². The Morgan fingerprint density at radius 3 is 2.30 bits per heavy atom. The molecule has 0 heterocycles. The molecule has 0 N–H and O–H groups in total. The van der Waals surface area contributed by atoms with Crippen LogP contribution in [0.15, 0.2) is 59.6 Å². The van der Waals surface area contributed by atoms with E-state index in [1.165, 1.54) is 11.6 Å². The molecule has 9 nitrogen and oxygen atoms in total. The average Bonchev–Trinajstić information content (AvgIpc) is 2.80. The zero-order valence-corrected chi connectivity index (χ0v) is 20.0. The van der Waals surface area contributed by atoms with E-state index in [1.54, 1.807) is 25.3 Å². The second-order valence-corrected chi connectivity index (χ2v) is 7.97. The second kappa shape index (κ2) is 10.9. The Bertz CT molecular complexity index is 1210. The van der Waals surface area contributed by atoms with E-state index in [0.717, 1.165) is 29.8 Å². The quantitative estimate of drug-likeness (QED) is 0.126. The Hall–Kier alpha value is -3.54. The summed E-state index contributed by atoms with van der Waals surface area (Å²) in [6.45, 7) is 4.24. The minimum Gasteiger partial charge on any atom is -0.490 e. The largest absolute Gasteiger partial charge is 0.490 e. The summed E-state index contributed by atoms with van der Waals surface area (Å²) >= 11 is 2.04. The van der Waals surface area contributed by atoms with Crippen LogP contribution in [0.5, 0.6) is 17.2 Å². The highest BCUT2D eigenvalue weighted by atomic mass is 127. The molecule has 3 rings (SSSR count). The summed E-state index contributed by atoms with van der Waals surface area (Å²) in [5.41, 5.74) is 1.88. The number of halogens is 1. The Labute approximate surface area is 203 Å². The molecule has 3 aromatic carbocycles. The number of nitro groups is 2. The smallest absolute Gasteiger partial charge is 0.318 e. The van der Waals surface area contributed by atoms with Crippen LogP contribution < -0.4 is 9.47 Å². The fourth-order valence-electron chi connectivity index (χ4n) is 2.95. The summed E-state index contributed by atoms with van der Waals surface area (Å²) in [6, 6.07) is 14.7. The highest BCUT2D eigenvalue weighted by Gasteiger charge is 2.23. The van der Waals surface area contributed by atoms with Gasteiger partial charge in [0.2, 0.25) is 5.75 Å². The number of hydrogen-bond donors (Lipinski definition) is 0. The third kappa shape index (κ3) is 6.04. The summed E-state index contributed by atoms with van der Waals surface area (Å²) in [7, 11) is 0. The van der Waals surface area contributed by atoms with Crippen LogP contribution in [-0.2, 0) is 6.42 Å². The van der Waals surface area contributed by atoms with Crippen LogP contribution in [0.4, 0.5) is 17.1 Å². The number of nitrogens with zero attached hydrogens (tertiary/aromatic N) is 3. The van der Waals surface area contributed by atoms with Gasteiger partial charge >= 0.3 is 5.69 Å². The van der Waals surface area contributed by atoms with Crippen molar-refractivity contribution in [1.82, 2.24) is 0 Å². The van der Waals surface area contributed by atoms with Gasteiger partial charge in [0.25, 0.3) is 5.69 Å². The molecule has 0 unspecified atom stereocenters. The molecule has 10 heteroatoms. The molecule has 0 amide bonds. The van der Waals surface area contributed by atoms with Crippen LogP contribution in [0.1, 0.15) is 25.0 Å². The van der Waals surface area contributed by atoms with Gasteiger partial charge in [-0.05, 0) is 77.4 Å². The van der Waals surface area contributed by atoms with Crippen LogP contribution in [0.2, 0.25) is 0 Å². The van der Waals surface area contributed by atoms with Crippen LogP contribution in [0.25, 0.3) is 0 Å². The molecule has 0 fully saturated rings. The van der Waals surface area contributed by atoms with Gasteiger partial charge < -0.3 is 9.47 Å². The first-order valence-electron chi connectivity index (χ1n) is 10.0. The van der Waals surface area contributed by atoms with Gasteiger partial charge in [-0.25, -0.2) is 0 Å². The minimum atomic E-state index is -0.722. The predicted octanol–water partition coefficient (Wildman–Crippen LogP) is 6.61. The monoisotopic (exact) mass is 561 g/mol. The van der Waals surface area contributed by atoms with E-state index in [2.05, 4.69) is 11.9 Å². The molecule has 0 bridgehead atoms. The molecule has 3 aromatic rings. The highest BCUT2D eigenvalue weighted by molar-refractivity contribution is 14.1. The van der Waals surface area contributed by atoms with Gasteiger partial charge in [-0.1, -0.05) is 19.1 Å². The van der Waals surface area contributed by atoms with E-state index in [4.69, 9.17) is 9.47 Å². The minimum absolute atomic E-state index is 0.123. The molecule has 0 spiro atoms. The summed E-state index contributed by atoms with van der Waals surface area (Å²) in [5.74, 6) is 0.528. The van der Waals surface area contributed by atoms with Crippen molar-refractivity contribution >= 4 is 45.9 Å². The molecule has 170 valence electrons. The molecule has 0 aromatic heterocycles. The topological polar surface area (TPSA) is 117 Å². The van der Waals surface area contributed by atoms with E-state index >= 15 is 0 Å². The lowest BCUT2D eigenvalue weighted by atomic mass is 10.1. The first kappa shape index (κ1) is 24.1. The molecule has 0 saturated heterocycles. The Morgan fingerprint density at radius 2 is 1.70 bits per heavy atom. The zero-order valence-electron chi connectivity index (χ0n) is 17.9. The Kier molecular flexibility index (Phi) is 7.93. The Morgan fingerprint density at radius 1 is 0.970 bits per heavy atom. The number of nitro benzene ring substituents is 2. The molecule has 0 aliphatic heterocycles. The number of ether oxygens (including phenoxy) is 2. The van der Waals surface area contributed by atoms with Gasteiger partial charge in [0.15, 0.2) is 11.5 Å².